The summed E-state index contributed by atoms with van der Waals surface area (Å²) in [5.41, 5.74) is 2.14. The van der Waals surface area contributed by atoms with Gasteiger partial charge in [0.2, 0.25) is 0 Å². The molecule has 0 bridgehead atoms. The van der Waals surface area contributed by atoms with E-state index in [2.05, 4.69) is 31.4 Å². The number of rotatable bonds is 5. The Morgan fingerprint density at radius 1 is 1.52 bits per heavy atom. The first kappa shape index (κ1) is 14.3. The molecule has 1 aromatic heterocycles. The summed E-state index contributed by atoms with van der Waals surface area (Å²) in [5, 5.41) is 26.6. The van der Waals surface area contributed by atoms with Crippen molar-refractivity contribution in [2.45, 2.75) is 13.0 Å². The monoisotopic (exact) mass is 292 g/mol. The number of H-pyrrole nitrogens is 1. The minimum absolute atomic E-state index is 0.114. The molecular formula is C10H12N8O3. The number of hydrogen-bond donors (Lipinski definition) is 4. The lowest BCUT2D eigenvalue weighted by Crippen LogP contribution is -2.27. The fourth-order valence-electron chi connectivity index (χ4n) is 1.64. The number of tetrazole rings is 1. The average Bonchev–Trinajstić information content (AvgIpc) is 3.00. The summed E-state index contributed by atoms with van der Waals surface area (Å²) < 4.78 is 0. The fraction of sp³-hybridized carbons (Fsp3) is 0.200. The van der Waals surface area contributed by atoms with Crippen LogP contribution in [0.5, 0.6) is 0 Å². The molecule has 0 saturated heterocycles. The highest BCUT2D eigenvalue weighted by molar-refractivity contribution is 5.95. The summed E-state index contributed by atoms with van der Waals surface area (Å²) in [5.74, 6) is 4.98. The van der Waals surface area contributed by atoms with Gasteiger partial charge in [-0.3, -0.25) is 20.8 Å². The van der Waals surface area contributed by atoms with Gasteiger partial charge in [-0.2, -0.15) is 5.21 Å². The highest BCUT2D eigenvalue weighted by atomic mass is 16.6. The highest BCUT2D eigenvalue weighted by Crippen LogP contribution is 2.24. The number of anilines is 1. The van der Waals surface area contributed by atoms with Crippen molar-refractivity contribution in [3.8, 4) is 0 Å². The highest BCUT2D eigenvalue weighted by Gasteiger charge is 2.19. The molecule has 0 spiro atoms. The van der Waals surface area contributed by atoms with Crippen molar-refractivity contribution in [2.24, 2.45) is 5.84 Å². The third-order valence-corrected chi connectivity index (χ3v) is 2.71. The van der Waals surface area contributed by atoms with Crippen LogP contribution in [0.25, 0.3) is 0 Å². The van der Waals surface area contributed by atoms with Crippen molar-refractivity contribution in [1.29, 1.82) is 0 Å². The molecule has 110 valence electrons. The maximum Gasteiger partial charge on any atom is 0.294 e. The van der Waals surface area contributed by atoms with Gasteiger partial charge in [-0.15, -0.1) is 10.2 Å². The van der Waals surface area contributed by atoms with Crippen molar-refractivity contribution in [3.63, 3.8) is 0 Å². The molecular weight excluding hydrogens is 280 g/mol. The SMILES string of the molecule is CC(NC(=O)c1ccc(NN)c([N+](=O)[O-])c1)c1nn[nH]n1. The number of nitrogens with one attached hydrogen (secondary N) is 3. The Morgan fingerprint density at radius 2 is 2.29 bits per heavy atom. The van der Waals surface area contributed by atoms with Crippen molar-refractivity contribution in [3.05, 3.63) is 39.7 Å². The molecule has 21 heavy (non-hydrogen) atoms. The van der Waals surface area contributed by atoms with E-state index in [1.165, 1.54) is 12.1 Å². The summed E-state index contributed by atoms with van der Waals surface area (Å²) in [6.07, 6.45) is 0. The minimum atomic E-state index is -0.630. The molecule has 11 nitrogen and oxygen atoms in total. The number of amides is 1. The van der Waals surface area contributed by atoms with Gasteiger partial charge in [-0.05, 0) is 19.1 Å². The van der Waals surface area contributed by atoms with Gasteiger partial charge in [0.25, 0.3) is 11.6 Å². The predicted octanol–water partition coefficient (Wildman–Crippen LogP) is -0.116. The standard InChI is InChI=1S/C10H12N8O3/c1-5(9-14-16-17-15-9)12-10(19)6-2-3-7(13-11)8(4-6)18(20)21/h2-5,13H,11H2,1H3,(H,12,19)(H,14,15,16,17). The molecule has 0 fully saturated rings. The number of nitrogens with zero attached hydrogens (tertiary/aromatic N) is 4. The first-order valence-corrected chi connectivity index (χ1v) is 5.82. The molecule has 1 atom stereocenters. The normalized spacial score (nSPS) is 11.7. The molecule has 1 unspecified atom stereocenters. The van der Waals surface area contributed by atoms with E-state index in [4.69, 9.17) is 5.84 Å². The first-order chi connectivity index (χ1) is 10.0. The number of hydrazine groups is 1. The molecule has 0 saturated carbocycles. The van der Waals surface area contributed by atoms with Crippen LogP contribution in [0.3, 0.4) is 0 Å². The van der Waals surface area contributed by atoms with Crippen molar-refractivity contribution in [2.75, 3.05) is 5.43 Å². The second kappa shape index (κ2) is 5.92. The lowest BCUT2D eigenvalue weighted by Gasteiger charge is -2.10. The molecule has 1 amide bonds. The van der Waals surface area contributed by atoms with Crippen molar-refractivity contribution >= 4 is 17.3 Å². The van der Waals surface area contributed by atoms with E-state index < -0.39 is 16.9 Å². The van der Waals surface area contributed by atoms with Gasteiger partial charge in [0, 0.05) is 11.6 Å². The Labute approximate surface area is 118 Å². The number of nitro groups is 1. The molecule has 1 aromatic carbocycles. The van der Waals surface area contributed by atoms with Gasteiger partial charge in [0.05, 0.1) is 11.0 Å². The zero-order chi connectivity index (χ0) is 15.4. The zero-order valence-electron chi connectivity index (χ0n) is 10.9. The minimum Gasteiger partial charge on any atom is -0.342 e. The molecule has 0 aliphatic carbocycles. The van der Waals surface area contributed by atoms with Gasteiger partial charge in [0.15, 0.2) is 5.82 Å². The number of nitrogens with two attached hydrogens (primary N) is 1. The summed E-state index contributed by atoms with van der Waals surface area (Å²) in [6, 6.07) is 3.41. The summed E-state index contributed by atoms with van der Waals surface area (Å²) in [6.45, 7) is 1.66. The Balaban J connectivity index is 2.19. The van der Waals surface area contributed by atoms with Crippen LogP contribution < -0.4 is 16.6 Å². The quantitative estimate of drug-likeness (QED) is 0.336. The molecule has 2 aromatic rings. The van der Waals surface area contributed by atoms with E-state index in [0.29, 0.717) is 5.82 Å². The zero-order valence-corrected chi connectivity index (χ0v) is 10.9. The van der Waals surface area contributed by atoms with Crippen LogP contribution in [0.4, 0.5) is 11.4 Å². The smallest absolute Gasteiger partial charge is 0.294 e. The fourth-order valence-corrected chi connectivity index (χ4v) is 1.64. The molecule has 1 heterocycles. The largest absolute Gasteiger partial charge is 0.342 e. The van der Waals surface area contributed by atoms with Crippen molar-refractivity contribution in [1.82, 2.24) is 25.9 Å². The number of nitro benzene ring substituents is 1. The van der Waals surface area contributed by atoms with Crippen LogP contribution in [0, 0.1) is 10.1 Å². The lowest BCUT2D eigenvalue weighted by molar-refractivity contribution is -0.384. The molecule has 5 N–H and O–H groups in total. The van der Waals surface area contributed by atoms with E-state index >= 15 is 0 Å². The summed E-state index contributed by atoms with van der Waals surface area (Å²) >= 11 is 0. The number of aromatic nitrogens is 4. The second-order valence-electron chi connectivity index (χ2n) is 4.10. The molecule has 0 aliphatic heterocycles. The van der Waals surface area contributed by atoms with Crippen LogP contribution in [0.15, 0.2) is 18.2 Å². The van der Waals surface area contributed by atoms with Gasteiger partial charge in [0.1, 0.15) is 5.69 Å². The Bertz CT molecular complexity index is 656. The van der Waals surface area contributed by atoms with Crippen LogP contribution in [-0.4, -0.2) is 31.5 Å². The number of carbonyl (C=O) groups excluding carboxylic acids is 1. The van der Waals surface area contributed by atoms with Crippen LogP contribution in [0.1, 0.15) is 29.1 Å². The van der Waals surface area contributed by atoms with Gasteiger partial charge < -0.3 is 10.7 Å². The maximum absolute atomic E-state index is 12.1. The van der Waals surface area contributed by atoms with Gasteiger partial charge >= 0.3 is 0 Å². The Morgan fingerprint density at radius 3 is 2.86 bits per heavy atom. The maximum atomic E-state index is 12.1. The third kappa shape index (κ3) is 3.09. The Hall–Kier alpha value is -3.08. The van der Waals surface area contributed by atoms with E-state index in [9.17, 15) is 14.9 Å². The number of nitrogen functional groups attached to an aromatic ring is 1. The topological polar surface area (TPSA) is 165 Å². The molecule has 0 radical (unpaired) electrons. The number of aromatic amines is 1. The number of hydrogen-bond acceptors (Lipinski definition) is 8. The summed E-state index contributed by atoms with van der Waals surface area (Å²) in [7, 11) is 0. The molecule has 2 rings (SSSR count). The van der Waals surface area contributed by atoms with E-state index in [1.807, 2.05) is 0 Å². The second-order valence-corrected chi connectivity index (χ2v) is 4.10. The van der Waals surface area contributed by atoms with Crippen LogP contribution >= 0.6 is 0 Å². The first-order valence-electron chi connectivity index (χ1n) is 5.82. The van der Waals surface area contributed by atoms with Crippen LogP contribution in [0.2, 0.25) is 0 Å². The average molecular weight is 292 g/mol. The van der Waals surface area contributed by atoms with Gasteiger partial charge in [-0.1, -0.05) is 5.21 Å². The predicted molar refractivity (Wildman–Crippen MR) is 71.0 cm³/mol. The van der Waals surface area contributed by atoms with Crippen LogP contribution in [-0.2, 0) is 0 Å². The lowest BCUT2D eigenvalue weighted by atomic mass is 10.1. The third-order valence-electron chi connectivity index (χ3n) is 2.71. The molecule has 0 aliphatic rings. The Kier molecular flexibility index (Phi) is 4.04. The van der Waals surface area contributed by atoms with E-state index in [0.717, 1.165) is 6.07 Å². The summed E-state index contributed by atoms with van der Waals surface area (Å²) in [4.78, 5) is 22.3. The number of carbonyl (C=O) groups is 1. The number of benzene rings is 1. The van der Waals surface area contributed by atoms with E-state index in [1.54, 1.807) is 6.92 Å². The molecule has 11 heteroatoms. The van der Waals surface area contributed by atoms with E-state index in [-0.39, 0.29) is 16.9 Å². The van der Waals surface area contributed by atoms with Gasteiger partial charge in [-0.25, -0.2) is 0 Å². The van der Waals surface area contributed by atoms with Crippen molar-refractivity contribution < 1.29 is 9.72 Å².